The number of fused-ring (bicyclic) bond motifs is 1. The van der Waals surface area contributed by atoms with E-state index in [1.807, 2.05) is 0 Å². The van der Waals surface area contributed by atoms with Gasteiger partial charge in [-0.3, -0.25) is 0 Å². The topological polar surface area (TPSA) is 30.9 Å². The molecule has 0 aliphatic carbocycles. The highest BCUT2D eigenvalue weighted by Gasteiger charge is 2.01. The molecule has 2 nitrogen and oxygen atoms in total. The summed E-state index contributed by atoms with van der Waals surface area (Å²) in [6.07, 6.45) is 7.44. The Morgan fingerprint density at radius 1 is 1.12 bits per heavy atom. The van der Waals surface area contributed by atoms with E-state index in [0.29, 0.717) is 6.54 Å². The van der Waals surface area contributed by atoms with Gasteiger partial charge in [0, 0.05) is 24.8 Å². The monoisotopic (exact) mass is 230 g/mol. The zero-order valence-corrected chi connectivity index (χ0v) is 10.7. The molecule has 0 atom stereocenters. The fraction of sp³-hybridized carbons (Fsp3) is 0.467. The third-order valence-corrected chi connectivity index (χ3v) is 3.32. The lowest BCUT2D eigenvalue weighted by atomic mass is 10.1. The largest absolute Gasteiger partial charge is 0.347 e. The number of hydrogen-bond donors (Lipinski definition) is 1. The average molecular weight is 230 g/mol. The van der Waals surface area contributed by atoms with Gasteiger partial charge in [-0.05, 0) is 35.6 Å². The number of aryl methyl sites for hydroxylation is 1. The van der Waals surface area contributed by atoms with Gasteiger partial charge < -0.3 is 10.3 Å². The molecular weight excluding hydrogens is 208 g/mol. The van der Waals surface area contributed by atoms with Crippen LogP contribution in [-0.2, 0) is 13.1 Å². The van der Waals surface area contributed by atoms with Crippen molar-refractivity contribution in [3.63, 3.8) is 0 Å². The first-order valence-electron chi connectivity index (χ1n) is 6.63. The number of benzene rings is 1. The van der Waals surface area contributed by atoms with Crippen LogP contribution in [0.3, 0.4) is 0 Å². The van der Waals surface area contributed by atoms with Crippen LogP contribution in [0, 0.1) is 0 Å². The first-order chi connectivity index (χ1) is 8.35. The third kappa shape index (κ3) is 2.89. The van der Waals surface area contributed by atoms with Crippen LogP contribution in [0.15, 0.2) is 30.5 Å². The number of aromatic nitrogens is 1. The molecule has 0 spiro atoms. The molecule has 92 valence electrons. The Labute approximate surface area is 103 Å². The second kappa shape index (κ2) is 5.87. The molecular formula is C15H22N2. The maximum absolute atomic E-state index is 5.65. The van der Waals surface area contributed by atoms with E-state index in [-0.39, 0.29) is 0 Å². The van der Waals surface area contributed by atoms with Crippen molar-refractivity contribution < 1.29 is 0 Å². The molecule has 0 bridgehead atoms. The summed E-state index contributed by atoms with van der Waals surface area (Å²) in [5.41, 5.74) is 8.20. The molecule has 0 saturated heterocycles. The second-order valence-electron chi connectivity index (χ2n) is 4.67. The number of nitrogens with two attached hydrogens (primary N) is 1. The molecule has 0 aliphatic rings. The van der Waals surface area contributed by atoms with Crippen molar-refractivity contribution in [3.8, 4) is 0 Å². The fourth-order valence-electron chi connectivity index (χ4n) is 2.28. The maximum Gasteiger partial charge on any atom is 0.0480 e. The van der Waals surface area contributed by atoms with Crippen molar-refractivity contribution in [1.82, 2.24) is 4.57 Å². The molecule has 2 N–H and O–H groups in total. The van der Waals surface area contributed by atoms with Gasteiger partial charge in [-0.2, -0.15) is 0 Å². The molecule has 1 heterocycles. The van der Waals surface area contributed by atoms with Crippen LogP contribution >= 0.6 is 0 Å². The Hall–Kier alpha value is -1.28. The lowest BCUT2D eigenvalue weighted by Crippen LogP contribution is -1.98. The van der Waals surface area contributed by atoms with Gasteiger partial charge in [0.15, 0.2) is 0 Å². The van der Waals surface area contributed by atoms with Gasteiger partial charge in [-0.15, -0.1) is 0 Å². The van der Waals surface area contributed by atoms with Crippen LogP contribution in [0.2, 0.25) is 0 Å². The summed E-state index contributed by atoms with van der Waals surface area (Å²) in [6, 6.07) is 8.70. The van der Waals surface area contributed by atoms with E-state index in [1.54, 1.807) is 0 Å². The molecule has 1 aromatic heterocycles. The van der Waals surface area contributed by atoms with Gasteiger partial charge in [0.05, 0.1) is 0 Å². The molecule has 0 radical (unpaired) electrons. The van der Waals surface area contributed by atoms with Crippen molar-refractivity contribution >= 4 is 10.9 Å². The minimum Gasteiger partial charge on any atom is -0.347 e. The van der Waals surface area contributed by atoms with Crippen LogP contribution in [0.1, 0.15) is 38.2 Å². The first-order valence-corrected chi connectivity index (χ1v) is 6.63. The summed E-state index contributed by atoms with van der Waals surface area (Å²) in [4.78, 5) is 0. The van der Waals surface area contributed by atoms with Crippen molar-refractivity contribution in [3.05, 3.63) is 36.0 Å². The fourth-order valence-corrected chi connectivity index (χ4v) is 2.28. The standard InChI is InChI=1S/C15H22N2/c1-2-3-4-5-9-17-10-8-14-11-13(12-16)6-7-15(14)17/h6-8,10-11H,2-5,9,12,16H2,1H3. The minimum atomic E-state index is 0.623. The highest BCUT2D eigenvalue weighted by molar-refractivity contribution is 5.80. The van der Waals surface area contributed by atoms with E-state index in [0.717, 1.165) is 6.54 Å². The van der Waals surface area contributed by atoms with Gasteiger partial charge in [0.1, 0.15) is 0 Å². The zero-order valence-electron chi connectivity index (χ0n) is 10.7. The van der Waals surface area contributed by atoms with Gasteiger partial charge in [0.2, 0.25) is 0 Å². The van der Waals surface area contributed by atoms with Gasteiger partial charge in [-0.25, -0.2) is 0 Å². The van der Waals surface area contributed by atoms with E-state index in [9.17, 15) is 0 Å². The molecule has 2 aromatic rings. The molecule has 0 aliphatic heterocycles. The van der Waals surface area contributed by atoms with Gasteiger partial charge in [0.25, 0.3) is 0 Å². The summed E-state index contributed by atoms with van der Waals surface area (Å²) in [5.74, 6) is 0. The van der Waals surface area contributed by atoms with Gasteiger partial charge >= 0.3 is 0 Å². The van der Waals surface area contributed by atoms with Crippen molar-refractivity contribution in [1.29, 1.82) is 0 Å². The lowest BCUT2D eigenvalue weighted by molar-refractivity contribution is 0.593. The number of rotatable bonds is 6. The molecule has 0 amide bonds. The average Bonchev–Trinajstić information content (AvgIpc) is 2.77. The van der Waals surface area contributed by atoms with Crippen LogP contribution in [0.5, 0.6) is 0 Å². The first kappa shape index (κ1) is 12.2. The Bertz CT molecular complexity index is 471. The molecule has 2 heteroatoms. The Morgan fingerprint density at radius 2 is 2.00 bits per heavy atom. The summed E-state index contributed by atoms with van der Waals surface area (Å²) >= 11 is 0. The van der Waals surface area contributed by atoms with Crippen molar-refractivity contribution in [2.24, 2.45) is 5.73 Å². The van der Waals surface area contributed by atoms with Crippen LogP contribution in [0.25, 0.3) is 10.9 Å². The lowest BCUT2D eigenvalue weighted by Gasteiger charge is -2.05. The van der Waals surface area contributed by atoms with Crippen LogP contribution in [0.4, 0.5) is 0 Å². The quantitative estimate of drug-likeness (QED) is 0.754. The van der Waals surface area contributed by atoms with E-state index in [4.69, 9.17) is 5.73 Å². The predicted molar refractivity (Wildman–Crippen MR) is 74.0 cm³/mol. The highest BCUT2D eigenvalue weighted by Crippen LogP contribution is 2.18. The SMILES string of the molecule is CCCCCCn1ccc2cc(CN)ccc21. The Morgan fingerprint density at radius 3 is 2.76 bits per heavy atom. The Kier molecular flexibility index (Phi) is 4.21. The molecule has 17 heavy (non-hydrogen) atoms. The molecule has 0 fully saturated rings. The number of unbranched alkanes of at least 4 members (excludes halogenated alkanes) is 3. The normalized spacial score (nSPS) is 11.2. The summed E-state index contributed by atoms with van der Waals surface area (Å²) < 4.78 is 2.35. The second-order valence-corrected chi connectivity index (χ2v) is 4.67. The van der Waals surface area contributed by atoms with E-state index in [2.05, 4.69) is 42.0 Å². The molecule has 0 saturated carbocycles. The summed E-state index contributed by atoms with van der Waals surface area (Å²) in [5, 5.41) is 1.31. The number of nitrogens with zero attached hydrogens (tertiary/aromatic N) is 1. The highest BCUT2D eigenvalue weighted by atomic mass is 14.9. The Balaban J connectivity index is 2.08. The van der Waals surface area contributed by atoms with Crippen molar-refractivity contribution in [2.45, 2.75) is 45.7 Å². The van der Waals surface area contributed by atoms with Crippen LogP contribution < -0.4 is 5.73 Å². The smallest absolute Gasteiger partial charge is 0.0480 e. The minimum absolute atomic E-state index is 0.623. The predicted octanol–water partition coefficient (Wildman–Crippen LogP) is 3.68. The zero-order chi connectivity index (χ0) is 12.1. The molecule has 0 unspecified atom stereocenters. The summed E-state index contributed by atoms with van der Waals surface area (Å²) in [7, 11) is 0. The van der Waals surface area contributed by atoms with E-state index >= 15 is 0 Å². The maximum atomic E-state index is 5.65. The van der Waals surface area contributed by atoms with Crippen LogP contribution in [-0.4, -0.2) is 4.57 Å². The van der Waals surface area contributed by atoms with Gasteiger partial charge in [-0.1, -0.05) is 32.3 Å². The third-order valence-electron chi connectivity index (χ3n) is 3.32. The van der Waals surface area contributed by atoms with E-state index in [1.165, 1.54) is 42.1 Å². The van der Waals surface area contributed by atoms with E-state index < -0.39 is 0 Å². The molecule has 2 rings (SSSR count). The van der Waals surface area contributed by atoms with Crippen molar-refractivity contribution in [2.75, 3.05) is 0 Å². The molecule has 1 aromatic carbocycles. The number of hydrogen-bond acceptors (Lipinski definition) is 1. The summed E-state index contributed by atoms with van der Waals surface area (Å²) in [6.45, 7) is 4.00.